The summed E-state index contributed by atoms with van der Waals surface area (Å²) in [5, 5.41) is 11.3. The second-order valence-corrected chi connectivity index (χ2v) is 20.4. The molecule has 0 aromatic heterocycles. The minimum atomic E-state index is 1.21. The lowest BCUT2D eigenvalue weighted by atomic mass is 10.1. The van der Waals surface area contributed by atoms with Crippen molar-refractivity contribution in [3.05, 3.63) is 0 Å². The molecule has 0 aliphatic carbocycles. The molecule has 1 fully saturated rings. The van der Waals surface area contributed by atoms with E-state index in [0.717, 1.165) is 0 Å². The standard InChI is InChI=1S/C57H119N5/c1-6-11-16-21-25-28-31-34-38-42-47-58(48-43-39-35-32-29-26-22-17-12-7-2)52-53-60(51-46-41-36-33-30-27-23-18-13-8-3)62-56-54-61(55-57-62)59(49-44-37-20-15-10-5)50-45-40-24-19-14-9-4/h6-57H2,1-5H3. The molecule has 1 aliphatic rings. The van der Waals surface area contributed by atoms with E-state index in [1.807, 2.05) is 0 Å². The second kappa shape index (κ2) is 48.7. The molecule has 62 heavy (non-hydrogen) atoms. The maximum absolute atomic E-state index is 2.91. The molecule has 0 aromatic carbocycles. The molecule has 0 aromatic rings. The number of unbranched alkanes of at least 4 members (excludes halogenated alkanes) is 36. The third-order valence-electron chi connectivity index (χ3n) is 14.4. The lowest BCUT2D eigenvalue weighted by molar-refractivity contribution is -0.118. The Morgan fingerprint density at radius 2 is 0.403 bits per heavy atom. The highest BCUT2D eigenvalue weighted by molar-refractivity contribution is 4.73. The third kappa shape index (κ3) is 38.0. The minimum Gasteiger partial charge on any atom is -0.302 e. The Hall–Kier alpha value is -0.200. The van der Waals surface area contributed by atoms with Crippen LogP contribution in [0.2, 0.25) is 0 Å². The molecule has 5 heteroatoms. The molecular weight excluding hydrogens is 755 g/mol. The molecule has 0 unspecified atom stereocenters. The fraction of sp³-hybridized carbons (Fsp3) is 1.00. The van der Waals surface area contributed by atoms with E-state index in [2.05, 4.69) is 59.6 Å². The summed E-state index contributed by atoms with van der Waals surface area (Å²) in [4.78, 5) is 2.91. The molecular formula is C57H119N5. The summed E-state index contributed by atoms with van der Waals surface area (Å²) < 4.78 is 0. The van der Waals surface area contributed by atoms with Gasteiger partial charge in [-0.1, -0.05) is 266 Å². The first-order valence-electron chi connectivity index (χ1n) is 29.4. The maximum atomic E-state index is 2.91. The van der Waals surface area contributed by atoms with Gasteiger partial charge in [-0.05, 0) is 45.2 Å². The average Bonchev–Trinajstić information content (AvgIpc) is 3.29. The van der Waals surface area contributed by atoms with E-state index in [9.17, 15) is 0 Å². The first-order chi connectivity index (χ1) is 30.7. The van der Waals surface area contributed by atoms with Crippen molar-refractivity contribution in [2.45, 2.75) is 298 Å². The van der Waals surface area contributed by atoms with Crippen LogP contribution < -0.4 is 0 Å². The third-order valence-corrected chi connectivity index (χ3v) is 14.4. The van der Waals surface area contributed by atoms with Crippen LogP contribution in [0.25, 0.3) is 0 Å². The first-order valence-corrected chi connectivity index (χ1v) is 29.4. The van der Waals surface area contributed by atoms with Crippen molar-refractivity contribution in [3.63, 3.8) is 0 Å². The highest BCUT2D eigenvalue weighted by atomic mass is 15.7. The van der Waals surface area contributed by atoms with Gasteiger partial charge in [0.2, 0.25) is 0 Å². The number of piperazine rings is 1. The minimum absolute atomic E-state index is 1.21. The molecule has 1 rings (SSSR count). The highest BCUT2D eigenvalue weighted by Crippen LogP contribution is 2.18. The Balaban J connectivity index is 2.82. The summed E-state index contributed by atoms with van der Waals surface area (Å²) in [6.45, 7) is 25.4. The normalized spacial score (nSPS) is 14.1. The van der Waals surface area contributed by atoms with Crippen LogP contribution in [-0.4, -0.2) is 96.9 Å². The number of hydrazine groups is 2. The smallest absolute Gasteiger partial charge is 0.0275 e. The van der Waals surface area contributed by atoms with E-state index in [4.69, 9.17) is 0 Å². The molecule has 0 N–H and O–H groups in total. The lowest BCUT2D eigenvalue weighted by Gasteiger charge is -2.45. The van der Waals surface area contributed by atoms with Gasteiger partial charge in [0.1, 0.15) is 0 Å². The fourth-order valence-electron chi connectivity index (χ4n) is 10.0. The summed E-state index contributed by atoms with van der Waals surface area (Å²) in [5.74, 6) is 0. The highest BCUT2D eigenvalue weighted by Gasteiger charge is 2.25. The summed E-state index contributed by atoms with van der Waals surface area (Å²) in [5.41, 5.74) is 0. The van der Waals surface area contributed by atoms with Gasteiger partial charge in [-0.15, -0.1) is 0 Å². The van der Waals surface area contributed by atoms with Crippen molar-refractivity contribution in [2.75, 3.05) is 72.0 Å². The van der Waals surface area contributed by atoms with Crippen molar-refractivity contribution >= 4 is 0 Å². The topological polar surface area (TPSA) is 16.2 Å². The Kier molecular flexibility index (Phi) is 47.0. The summed E-state index contributed by atoms with van der Waals surface area (Å²) >= 11 is 0. The number of hydrogen-bond acceptors (Lipinski definition) is 5. The molecule has 1 saturated heterocycles. The zero-order chi connectivity index (χ0) is 44.7. The van der Waals surface area contributed by atoms with Gasteiger partial charge in [-0.2, -0.15) is 0 Å². The zero-order valence-corrected chi connectivity index (χ0v) is 44.0. The lowest BCUT2D eigenvalue weighted by Crippen LogP contribution is -2.59. The van der Waals surface area contributed by atoms with E-state index in [1.54, 1.807) is 0 Å². The van der Waals surface area contributed by atoms with Crippen molar-refractivity contribution in [3.8, 4) is 0 Å². The van der Waals surface area contributed by atoms with Gasteiger partial charge in [0.25, 0.3) is 0 Å². The SMILES string of the molecule is CCCCCCCCCCCCN(CCCCCCCCCCCC)CCN(CCCCCCCCCCCC)N1CCN(N(CCCCCCC)CCCCCCCC)CC1. The van der Waals surface area contributed by atoms with E-state index in [1.165, 1.54) is 335 Å². The van der Waals surface area contributed by atoms with Crippen molar-refractivity contribution in [1.29, 1.82) is 0 Å². The summed E-state index contributed by atoms with van der Waals surface area (Å²) in [6, 6.07) is 0. The Morgan fingerprint density at radius 1 is 0.210 bits per heavy atom. The van der Waals surface area contributed by atoms with E-state index < -0.39 is 0 Å². The molecule has 0 amide bonds. The summed E-state index contributed by atoms with van der Waals surface area (Å²) in [6.07, 6.45) is 58.3. The molecule has 0 atom stereocenters. The number of nitrogens with zero attached hydrogens (tertiary/aromatic N) is 5. The molecule has 1 heterocycles. The van der Waals surface area contributed by atoms with Crippen LogP contribution in [0.4, 0.5) is 0 Å². The molecule has 0 saturated carbocycles. The fourth-order valence-corrected chi connectivity index (χ4v) is 10.0. The predicted octanol–water partition coefficient (Wildman–Crippen LogP) is 17.4. The molecule has 0 bridgehead atoms. The molecule has 372 valence electrons. The van der Waals surface area contributed by atoms with Crippen molar-refractivity contribution < 1.29 is 0 Å². The van der Waals surface area contributed by atoms with E-state index >= 15 is 0 Å². The molecule has 0 spiro atoms. The first kappa shape index (κ1) is 59.8. The van der Waals surface area contributed by atoms with Crippen LogP contribution in [-0.2, 0) is 0 Å². The van der Waals surface area contributed by atoms with E-state index in [-0.39, 0.29) is 0 Å². The predicted molar refractivity (Wildman–Crippen MR) is 280 cm³/mol. The number of hydrogen-bond donors (Lipinski definition) is 0. The Bertz CT molecular complexity index is 806. The number of rotatable bonds is 51. The monoisotopic (exact) mass is 874 g/mol. The van der Waals surface area contributed by atoms with Gasteiger partial charge in [0, 0.05) is 58.9 Å². The van der Waals surface area contributed by atoms with Crippen LogP contribution >= 0.6 is 0 Å². The molecule has 0 radical (unpaired) electrons. The van der Waals surface area contributed by atoms with Gasteiger partial charge >= 0.3 is 0 Å². The average molecular weight is 875 g/mol. The quantitative estimate of drug-likeness (QED) is 0.0564. The molecule has 1 aliphatic heterocycles. The van der Waals surface area contributed by atoms with Crippen LogP contribution in [0.3, 0.4) is 0 Å². The van der Waals surface area contributed by atoms with Gasteiger partial charge in [0.15, 0.2) is 0 Å². The van der Waals surface area contributed by atoms with Gasteiger partial charge < -0.3 is 4.90 Å². The van der Waals surface area contributed by atoms with Crippen LogP contribution in [0.15, 0.2) is 0 Å². The van der Waals surface area contributed by atoms with Gasteiger partial charge in [-0.3, -0.25) is 0 Å². The second-order valence-electron chi connectivity index (χ2n) is 20.4. The van der Waals surface area contributed by atoms with Crippen LogP contribution in [0.5, 0.6) is 0 Å². The zero-order valence-electron chi connectivity index (χ0n) is 44.0. The van der Waals surface area contributed by atoms with Crippen molar-refractivity contribution in [1.82, 2.24) is 24.9 Å². The van der Waals surface area contributed by atoms with Crippen molar-refractivity contribution in [2.24, 2.45) is 0 Å². The molecule has 5 nitrogen and oxygen atoms in total. The van der Waals surface area contributed by atoms with Crippen LogP contribution in [0.1, 0.15) is 298 Å². The van der Waals surface area contributed by atoms with Crippen LogP contribution in [0, 0.1) is 0 Å². The van der Waals surface area contributed by atoms with Gasteiger partial charge in [0.05, 0.1) is 0 Å². The van der Waals surface area contributed by atoms with Gasteiger partial charge in [-0.25, -0.2) is 20.0 Å². The Morgan fingerprint density at radius 3 is 0.645 bits per heavy atom. The largest absolute Gasteiger partial charge is 0.302 e. The maximum Gasteiger partial charge on any atom is 0.0275 e. The van der Waals surface area contributed by atoms with E-state index in [0.29, 0.717) is 0 Å². The summed E-state index contributed by atoms with van der Waals surface area (Å²) in [7, 11) is 0. The Labute approximate surface area is 393 Å².